The predicted molar refractivity (Wildman–Crippen MR) is 75.5 cm³/mol. The van der Waals surface area contributed by atoms with Gasteiger partial charge in [-0.2, -0.15) is 0 Å². The number of nitrogens with one attached hydrogen (secondary N) is 1. The molecule has 1 amide bonds. The van der Waals surface area contributed by atoms with Gasteiger partial charge in [0, 0.05) is 17.0 Å². The van der Waals surface area contributed by atoms with E-state index in [0.717, 1.165) is 10.8 Å². The minimum Gasteiger partial charge on any atom is -0.373 e. The van der Waals surface area contributed by atoms with Crippen LogP contribution in [-0.4, -0.2) is 36.3 Å². The zero-order valence-corrected chi connectivity index (χ0v) is 11.2. The molecule has 1 aromatic heterocycles. The van der Waals surface area contributed by atoms with Gasteiger partial charge in [-0.3, -0.25) is 9.78 Å². The number of carbonyl (C=O) groups excluding carboxylic acids is 1. The van der Waals surface area contributed by atoms with Crippen LogP contribution in [-0.2, 0) is 14.3 Å². The molecular weight excluding hydrogens is 256 g/mol. The van der Waals surface area contributed by atoms with E-state index in [9.17, 15) is 4.79 Å². The number of rotatable bonds is 2. The molecule has 1 saturated heterocycles. The first kappa shape index (κ1) is 13.0. The zero-order chi connectivity index (χ0) is 13.9. The summed E-state index contributed by atoms with van der Waals surface area (Å²) < 4.78 is 10.9. The van der Waals surface area contributed by atoms with Crippen LogP contribution < -0.4 is 5.32 Å². The summed E-state index contributed by atoms with van der Waals surface area (Å²) in [4.78, 5) is 16.4. The largest absolute Gasteiger partial charge is 0.373 e. The fourth-order valence-corrected chi connectivity index (χ4v) is 2.34. The number of ether oxygens (including phenoxy) is 2. The van der Waals surface area contributed by atoms with Gasteiger partial charge in [0.1, 0.15) is 0 Å². The van der Waals surface area contributed by atoms with Gasteiger partial charge in [-0.25, -0.2) is 0 Å². The van der Waals surface area contributed by atoms with Crippen molar-refractivity contribution in [2.75, 3.05) is 18.5 Å². The molecule has 0 saturated carbocycles. The summed E-state index contributed by atoms with van der Waals surface area (Å²) in [7, 11) is 0. The van der Waals surface area contributed by atoms with Crippen molar-refractivity contribution < 1.29 is 14.3 Å². The van der Waals surface area contributed by atoms with Crippen molar-refractivity contribution in [2.45, 2.75) is 19.1 Å². The van der Waals surface area contributed by atoms with E-state index in [-0.39, 0.29) is 12.0 Å². The van der Waals surface area contributed by atoms with Crippen molar-refractivity contribution in [1.29, 1.82) is 0 Å². The Hall–Kier alpha value is -1.98. The van der Waals surface area contributed by atoms with E-state index in [1.807, 2.05) is 31.2 Å². The molecule has 104 valence electrons. The van der Waals surface area contributed by atoms with Gasteiger partial charge in [0.05, 0.1) is 31.2 Å². The summed E-state index contributed by atoms with van der Waals surface area (Å²) >= 11 is 0. The Balaban J connectivity index is 1.84. The van der Waals surface area contributed by atoms with Gasteiger partial charge >= 0.3 is 0 Å². The Kier molecular flexibility index (Phi) is 3.62. The molecule has 1 N–H and O–H groups in total. The number of fused-ring (bicyclic) bond motifs is 1. The van der Waals surface area contributed by atoms with Crippen LogP contribution in [0.1, 0.15) is 6.92 Å². The molecule has 2 heterocycles. The second-order valence-electron chi connectivity index (χ2n) is 4.76. The molecule has 0 bridgehead atoms. The molecule has 0 radical (unpaired) electrons. The molecule has 5 heteroatoms. The van der Waals surface area contributed by atoms with E-state index in [1.165, 1.54) is 0 Å². The second-order valence-corrected chi connectivity index (χ2v) is 4.76. The Morgan fingerprint density at radius 1 is 1.25 bits per heavy atom. The van der Waals surface area contributed by atoms with Crippen molar-refractivity contribution in [1.82, 2.24) is 4.98 Å². The maximum absolute atomic E-state index is 12.3. The van der Waals surface area contributed by atoms with Crippen LogP contribution >= 0.6 is 0 Å². The number of pyridine rings is 1. The summed E-state index contributed by atoms with van der Waals surface area (Å²) in [6.07, 6.45) is 2.59. The third-order valence-corrected chi connectivity index (χ3v) is 3.37. The van der Waals surface area contributed by atoms with Gasteiger partial charge in [0.25, 0.3) is 5.91 Å². The number of anilines is 1. The monoisotopic (exact) mass is 272 g/mol. The molecule has 1 aromatic carbocycles. The molecule has 20 heavy (non-hydrogen) atoms. The van der Waals surface area contributed by atoms with Gasteiger partial charge < -0.3 is 14.8 Å². The van der Waals surface area contributed by atoms with E-state index >= 15 is 0 Å². The van der Waals surface area contributed by atoms with E-state index in [4.69, 9.17) is 9.47 Å². The quantitative estimate of drug-likeness (QED) is 0.908. The number of aromatic nitrogens is 1. The summed E-state index contributed by atoms with van der Waals surface area (Å²) in [6, 6.07) is 7.78. The van der Waals surface area contributed by atoms with Crippen molar-refractivity contribution >= 4 is 22.4 Å². The SMILES string of the molecule is C[C@@H]1OCCO[C@@H]1C(=O)Nc1cncc2ccccc12. The highest BCUT2D eigenvalue weighted by atomic mass is 16.6. The Morgan fingerprint density at radius 3 is 2.90 bits per heavy atom. The van der Waals surface area contributed by atoms with Gasteiger partial charge in [-0.15, -0.1) is 0 Å². The van der Waals surface area contributed by atoms with Crippen molar-refractivity contribution in [2.24, 2.45) is 0 Å². The number of hydrogen-bond donors (Lipinski definition) is 1. The fraction of sp³-hybridized carbons (Fsp3) is 0.333. The summed E-state index contributed by atoms with van der Waals surface area (Å²) in [5, 5.41) is 4.82. The number of carbonyl (C=O) groups is 1. The molecule has 1 fully saturated rings. The van der Waals surface area contributed by atoms with Crippen LogP contribution in [0.15, 0.2) is 36.7 Å². The lowest BCUT2D eigenvalue weighted by Gasteiger charge is -2.28. The third-order valence-electron chi connectivity index (χ3n) is 3.37. The number of nitrogens with zero attached hydrogens (tertiary/aromatic N) is 1. The summed E-state index contributed by atoms with van der Waals surface area (Å²) in [5.41, 5.74) is 0.689. The molecule has 0 aliphatic carbocycles. The molecule has 5 nitrogen and oxygen atoms in total. The maximum Gasteiger partial charge on any atom is 0.256 e. The molecule has 0 unspecified atom stereocenters. The highest BCUT2D eigenvalue weighted by Crippen LogP contribution is 2.22. The molecule has 2 aromatic rings. The average Bonchev–Trinajstić information content (AvgIpc) is 2.48. The Bertz CT molecular complexity index is 624. The van der Waals surface area contributed by atoms with E-state index < -0.39 is 6.10 Å². The van der Waals surface area contributed by atoms with E-state index in [0.29, 0.717) is 18.9 Å². The first-order valence-electron chi connectivity index (χ1n) is 6.62. The molecule has 2 atom stereocenters. The normalized spacial score (nSPS) is 22.6. The minimum atomic E-state index is -0.581. The lowest BCUT2D eigenvalue weighted by atomic mass is 10.1. The Labute approximate surface area is 116 Å². The molecule has 1 aliphatic heterocycles. The average molecular weight is 272 g/mol. The van der Waals surface area contributed by atoms with Crippen LogP contribution in [0, 0.1) is 0 Å². The van der Waals surface area contributed by atoms with Gasteiger partial charge in [0.2, 0.25) is 0 Å². The van der Waals surface area contributed by atoms with Gasteiger partial charge in [0.15, 0.2) is 6.10 Å². The van der Waals surface area contributed by atoms with Gasteiger partial charge in [-0.1, -0.05) is 24.3 Å². The third kappa shape index (κ3) is 2.50. The molecule has 3 rings (SSSR count). The maximum atomic E-state index is 12.3. The van der Waals surface area contributed by atoms with Crippen molar-refractivity contribution in [3.63, 3.8) is 0 Å². The molecule has 0 spiro atoms. The summed E-state index contributed by atoms with van der Waals surface area (Å²) in [6.45, 7) is 2.81. The van der Waals surface area contributed by atoms with Crippen molar-refractivity contribution in [3.8, 4) is 0 Å². The van der Waals surface area contributed by atoms with Crippen LogP contribution in [0.2, 0.25) is 0 Å². The first-order valence-corrected chi connectivity index (χ1v) is 6.62. The highest BCUT2D eigenvalue weighted by Gasteiger charge is 2.30. The van der Waals surface area contributed by atoms with Crippen LogP contribution in [0.3, 0.4) is 0 Å². The van der Waals surface area contributed by atoms with E-state index in [2.05, 4.69) is 10.3 Å². The highest BCUT2D eigenvalue weighted by molar-refractivity contribution is 6.03. The smallest absolute Gasteiger partial charge is 0.256 e. The predicted octanol–water partition coefficient (Wildman–Crippen LogP) is 1.98. The standard InChI is InChI=1S/C15H16N2O3/c1-10-14(20-7-6-19-10)15(18)17-13-9-16-8-11-4-2-3-5-12(11)13/h2-5,8-10,14H,6-7H2,1H3,(H,17,18)/t10-,14-/m0/s1. The van der Waals surface area contributed by atoms with Crippen LogP contribution in [0.5, 0.6) is 0 Å². The lowest BCUT2D eigenvalue weighted by molar-refractivity contribution is -0.157. The Morgan fingerprint density at radius 2 is 2.05 bits per heavy atom. The van der Waals surface area contributed by atoms with Crippen molar-refractivity contribution in [3.05, 3.63) is 36.7 Å². The number of amides is 1. The zero-order valence-electron chi connectivity index (χ0n) is 11.2. The summed E-state index contributed by atoms with van der Waals surface area (Å²) in [5.74, 6) is -0.199. The first-order chi connectivity index (χ1) is 9.75. The van der Waals surface area contributed by atoms with Crippen LogP contribution in [0.25, 0.3) is 10.8 Å². The topological polar surface area (TPSA) is 60.5 Å². The number of benzene rings is 1. The van der Waals surface area contributed by atoms with Crippen LogP contribution in [0.4, 0.5) is 5.69 Å². The van der Waals surface area contributed by atoms with E-state index in [1.54, 1.807) is 12.4 Å². The van der Waals surface area contributed by atoms with Gasteiger partial charge in [-0.05, 0) is 6.92 Å². The minimum absolute atomic E-state index is 0.199. The lowest BCUT2D eigenvalue weighted by Crippen LogP contribution is -2.44. The molecular formula is C15H16N2O3. The number of hydrogen-bond acceptors (Lipinski definition) is 4. The molecule has 1 aliphatic rings. The second kappa shape index (κ2) is 5.56. The fourth-order valence-electron chi connectivity index (χ4n) is 2.34.